The predicted octanol–water partition coefficient (Wildman–Crippen LogP) is 1.51. The molecule has 14 heavy (non-hydrogen) atoms. The third-order valence-corrected chi connectivity index (χ3v) is 2.85. The van der Waals surface area contributed by atoms with E-state index in [-0.39, 0.29) is 11.3 Å². The van der Waals surface area contributed by atoms with Gasteiger partial charge < -0.3 is 5.32 Å². The second kappa shape index (κ2) is 3.24. The Bertz CT molecular complexity index is 357. The number of hydrogen-bond donors (Lipinski definition) is 1. The van der Waals surface area contributed by atoms with Crippen molar-refractivity contribution in [3.05, 3.63) is 29.0 Å². The maximum atomic E-state index is 11.6. The number of carbonyl (C=O) groups excluding carboxylic acids is 1. The molecule has 0 saturated heterocycles. The summed E-state index contributed by atoms with van der Waals surface area (Å²) in [6.07, 6.45) is 3.34. The van der Waals surface area contributed by atoms with Gasteiger partial charge in [-0.25, -0.2) is 0 Å². The Balaban J connectivity index is 2.31. The van der Waals surface area contributed by atoms with Crippen molar-refractivity contribution in [2.75, 3.05) is 7.05 Å². The van der Waals surface area contributed by atoms with Crippen LogP contribution in [0.15, 0.2) is 18.3 Å². The third-order valence-electron chi connectivity index (χ3n) is 2.63. The van der Waals surface area contributed by atoms with Crippen molar-refractivity contribution in [2.45, 2.75) is 18.3 Å². The number of hydrogen-bond acceptors (Lipinski definition) is 2. The number of nitrogens with zero attached hydrogens (tertiary/aromatic N) is 1. The Kier molecular flexibility index (Phi) is 2.19. The lowest BCUT2D eigenvalue weighted by Gasteiger charge is -2.12. The van der Waals surface area contributed by atoms with E-state index in [4.69, 9.17) is 11.6 Å². The minimum atomic E-state index is -0.376. The molecular weight excluding hydrogens is 200 g/mol. The van der Waals surface area contributed by atoms with E-state index >= 15 is 0 Å². The number of aromatic nitrogens is 1. The molecule has 1 heterocycles. The summed E-state index contributed by atoms with van der Waals surface area (Å²) >= 11 is 5.73. The first-order valence-electron chi connectivity index (χ1n) is 4.53. The van der Waals surface area contributed by atoms with E-state index in [0.717, 1.165) is 18.5 Å². The van der Waals surface area contributed by atoms with Gasteiger partial charge in [-0.05, 0) is 25.0 Å². The van der Waals surface area contributed by atoms with Gasteiger partial charge in [-0.1, -0.05) is 11.6 Å². The lowest BCUT2D eigenvalue weighted by molar-refractivity contribution is -0.123. The maximum Gasteiger partial charge on any atom is 0.232 e. The molecule has 2 rings (SSSR count). The van der Waals surface area contributed by atoms with Gasteiger partial charge in [0, 0.05) is 13.2 Å². The molecule has 4 heteroatoms. The fourth-order valence-electron chi connectivity index (χ4n) is 1.62. The van der Waals surface area contributed by atoms with Crippen LogP contribution in [0.25, 0.3) is 0 Å². The predicted molar refractivity (Wildman–Crippen MR) is 54.2 cm³/mol. The molecule has 1 aliphatic carbocycles. The SMILES string of the molecule is CNC(=O)C1(c2ccc(Cl)cn2)CC1. The summed E-state index contributed by atoms with van der Waals surface area (Å²) in [6, 6.07) is 3.59. The van der Waals surface area contributed by atoms with Crippen molar-refractivity contribution in [1.29, 1.82) is 0 Å². The van der Waals surface area contributed by atoms with Gasteiger partial charge in [0.1, 0.15) is 0 Å². The van der Waals surface area contributed by atoms with Crippen LogP contribution >= 0.6 is 11.6 Å². The second-order valence-corrected chi connectivity index (χ2v) is 3.96. The van der Waals surface area contributed by atoms with Crippen molar-refractivity contribution in [1.82, 2.24) is 10.3 Å². The van der Waals surface area contributed by atoms with Gasteiger partial charge in [0.15, 0.2) is 0 Å². The monoisotopic (exact) mass is 210 g/mol. The molecule has 1 aliphatic rings. The number of carbonyl (C=O) groups is 1. The summed E-state index contributed by atoms with van der Waals surface area (Å²) in [6.45, 7) is 0. The normalized spacial score (nSPS) is 17.6. The largest absolute Gasteiger partial charge is 0.358 e. The van der Waals surface area contributed by atoms with Crippen LogP contribution in [-0.2, 0) is 10.2 Å². The molecule has 0 radical (unpaired) electrons. The molecule has 0 spiro atoms. The van der Waals surface area contributed by atoms with Crippen LogP contribution in [0, 0.1) is 0 Å². The Morgan fingerprint density at radius 2 is 2.29 bits per heavy atom. The molecule has 1 amide bonds. The molecule has 0 aromatic carbocycles. The molecule has 0 atom stereocenters. The minimum absolute atomic E-state index is 0.0484. The van der Waals surface area contributed by atoms with Crippen molar-refractivity contribution >= 4 is 17.5 Å². The Morgan fingerprint density at radius 1 is 1.57 bits per heavy atom. The molecule has 0 unspecified atom stereocenters. The van der Waals surface area contributed by atoms with Crippen LogP contribution in [-0.4, -0.2) is 17.9 Å². The molecule has 1 fully saturated rings. The molecule has 3 nitrogen and oxygen atoms in total. The lowest BCUT2D eigenvalue weighted by Crippen LogP contribution is -2.32. The molecule has 1 aromatic rings. The molecule has 0 bridgehead atoms. The van der Waals surface area contributed by atoms with E-state index in [1.807, 2.05) is 6.07 Å². The van der Waals surface area contributed by atoms with Crippen LogP contribution in [0.1, 0.15) is 18.5 Å². The third kappa shape index (κ3) is 1.38. The highest BCUT2D eigenvalue weighted by molar-refractivity contribution is 6.30. The first kappa shape index (κ1) is 9.46. The molecule has 0 aliphatic heterocycles. The smallest absolute Gasteiger partial charge is 0.232 e. The van der Waals surface area contributed by atoms with Crippen molar-refractivity contribution < 1.29 is 4.79 Å². The summed E-state index contributed by atoms with van der Waals surface area (Å²) in [5, 5.41) is 3.27. The highest BCUT2D eigenvalue weighted by atomic mass is 35.5. The van der Waals surface area contributed by atoms with E-state index in [2.05, 4.69) is 10.3 Å². The first-order valence-corrected chi connectivity index (χ1v) is 4.91. The Hall–Kier alpha value is -1.09. The molecule has 1 saturated carbocycles. The van der Waals surface area contributed by atoms with Crippen LogP contribution in [0.2, 0.25) is 5.02 Å². The highest BCUT2D eigenvalue weighted by Gasteiger charge is 2.52. The summed E-state index contributed by atoms with van der Waals surface area (Å²) in [5.41, 5.74) is 0.445. The van der Waals surface area contributed by atoms with E-state index in [9.17, 15) is 4.79 Å². The van der Waals surface area contributed by atoms with Gasteiger partial charge in [0.05, 0.1) is 16.1 Å². The fourth-order valence-corrected chi connectivity index (χ4v) is 1.73. The van der Waals surface area contributed by atoms with E-state index < -0.39 is 0 Å². The van der Waals surface area contributed by atoms with Gasteiger partial charge >= 0.3 is 0 Å². The minimum Gasteiger partial charge on any atom is -0.358 e. The topological polar surface area (TPSA) is 42.0 Å². The quantitative estimate of drug-likeness (QED) is 0.804. The van der Waals surface area contributed by atoms with Crippen LogP contribution in [0.4, 0.5) is 0 Å². The number of amides is 1. The van der Waals surface area contributed by atoms with Gasteiger partial charge in [0.2, 0.25) is 5.91 Å². The standard InChI is InChI=1S/C10H11ClN2O/c1-12-9(14)10(4-5-10)8-3-2-7(11)6-13-8/h2-3,6H,4-5H2,1H3,(H,12,14). The maximum absolute atomic E-state index is 11.6. The number of pyridine rings is 1. The van der Waals surface area contributed by atoms with Gasteiger partial charge in [-0.2, -0.15) is 0 Å². The number of halogens is 1. The van der Waals surface area contributed by atoms with Gasteiger partial charge in [-0.15, -0.1) is 0 Å². The number of rotatable bonds is 2. The summed E-state index contributed by atoms with van der Waals surface area (Å²) in [4.78, 5) is 15.8. The number of likely N-dealkylation sites (N-methyl/N-ethyl adjacent to an activating group) is 1. The molecule has 74 valence electrons. The van der Waals surface area contributed by atoms with Crippen molar-refractivity contribution in [3.63, 3.8) is 0 Å². The van der Waals surface area contributed by atoms with Crippen molar-refractivity contribution in [2.24, 2.45) is 0 Å². The van der Waals surface area contributed by atoms with E-state index in [1.165, 1.54) is 0 Å². The zero-order valence-electron chi connectivity index (χ0n) is 7.88. The Labute approximate surface area is 87.5 Å². The van der Waals surface area contributed by atoms with Crippen LogP contribution in [0.5, 0.6) is 0 Å². The fraction of sp³-hybridized carbons (Fsp3) is 0.400. The summed E-state index contributed by atoms with van der Waals surface area (Å²) < 4.78 is 0. The van der Waals surface area contributed by atoms with Gasteiger partial charge in [0.25, 0.3) is 0 Å². The van der Waals surface area contributed by atoms with Crippen LogP contribution < -0.4 is 5.32 Å². The summed E-state index contributed by atoms with van der Waals surface area (Å²) in [7, 11) is 1.65. The van der Waals surface area contributed by atoms with Crippen LogP contribution in [0.3, 0.4) is 0 Å². The Morgan fingerprint density at radius 3 is 2.71 bits per heavy atom. The van der Waals surface area contributed by atoms with Gasteiger partial charge in [-0.3, -0.25) is 9.78 Å². The summed E-state index contributed by atoms with van der Waals surface area (Å²) in [5.74, 6) is 0.0484. The zero-order chi connectivity index (χ0) is 10.2. The second-order valence-electron chi connectivity index (χ2n) is 3.52. The molecule has 1 aromatic heterocycles. The molecular formula is C10H11ClN2O. The van der Waals surface area contributed by atoms with Crippen molar-refractivity contribution in [3.8, 4) is 0 Å². The lowest BCUT2D eigenvalue weighted by atomic mass is 10.0. The average Bonchev–Trinajstić information content (AvgIpc) is 2.99. The first-order chi connectivity index (χ1) is 6.69. The average molecular weight is 211 g/mol. The van der Waals surface area contributed by atoms with E-state index in [1.54, 1.807) is 19.3 Å². The highest BCUT2D eigenvalue weighted by Crippen LogP contribution is 2.47. The molecule has 1 N–H and O–H groups in total. The van der Waals surface area contributed by atoms with E-state index in [0.29, 0.717) is 5.02 Å². The number of nitrogens with one attached hydrogen (secondary N) is 1. The zero-order valence-corrected chi connectivity index (χ0v) is 8.64.